The fraction of sp³-hybridized carbons (Fsp3) is 0.294. The van der Waals surface area contributed by atoms with Gasteiger partial charge in [0.15, 0.2) is 12.6 Å². The van der Waals surface area contributed by atoms with Crippen molar-refractivity contribution < 1.29 is 28.4 Å². The second-order valence-corrected chi connectivity index (χ2v) is 10.1. The van der Waals surface area contributed by atoms with Gasteiger partial charge in [0, 0.05) is 5.41 Å². The number of hydrogen-bond donors (Lipinski definition) is 0. The Kier molecular flexibility index (Phi) is 8.11. The van der Waals surface area contributed by atoms with Crippen LogP contribution in [0.15, 0.2) is 103 Å². The van der Waals surface area contributed by atoms with E-state index in [1.165, 1.54) is 27.8 Å². The van der Waals surface area contributed by atoms with Gasteiger partial charge < -0.3 is 28.4 Å². The van der Waals surface area contributed by atoms with Gasteiger partial charge in [-0.15, -0.1) is 0 Å². The van der Waals surface area contributed by atoms with E-state index < -0.39 is 5.41 Å². The van der Waals surface area contributed by atoms with E-state index in [0.717, 1.165) is 11.5 Å². The average molecular weight is 539 g/mol. The quantitative estimate of drug-likeness (QED) is 0.108. The molecule has 0 bridgehead atoms. The van der Waals surface area contributed by atoms with Crippen LogP contribution in [0.5, 0.6) is 11.5 Å². The molecule has 0 saturated carbocycles. The number of epoxide rings is 2. The summed E-state index contributed by atoms with van der Waals surface area (Å²) in [5, 5.41) is 0. The lowest BCUT2D eigenvalue weighted by molar-refractivity contribution is 0.0323. The third-order valence-corrected chi connectivity index (χ3v) is 7.35. The molecular weight excluding hydrogens is 504 g/mol. The molecular formula is C34H34O6. The SMILES string of the molecule is CC(c1ccc(OCCOC2CO2)cc1)(c1ccc(OCCOC2CO2)cc1)c1ccc(-c2ccccc2)cc1. The fourth-order valence-corrected chi connectivity index (χ4v) is 4.84. The normalized spacial score (nSPS) is 19.0. The summed E-state index contributed by atoms with van der Waals surface area (Å²) >= 11 is 0. The third kappa shape index (κ3) is 6.54. The van der Waals surface area contributed by atoms with Crippen molar-refractivity contribution in [3.63, 3.8) is 0 Å². The Morgan fingerprint density at radius 1 is 0.550 bits per heavy atom. The van der Waals surface area contributed by atoms with E-state index in [4.69, 9.17) is 28.4 Å². The molecule has 6 nitrogen and oxygen atoms in total. The highest BCUT2D eigenvalue weighted by Gasteiger charge is 2.31. The molecule has 40 heavy (non-hydrogen) atoms. The molecule has 2 atom stereocenters. The molecule has 4 aromatic rings. The number of hydrogen-bond acceptors (Lipinski definition) is 6. The van der Waals surface area contributed by atoms with Crippen LogP contribution in [0.25, 0.3) is 11.1 Å². The van der Waals surface area contributed by atoms with Gasteiger partial charge in [-0.2, -0.15) is 0 Å². The summed E-state index contributed by atoms with van der Waals surface area (Å²) < 4.78 is 32.9. The van der Waals surface area contributed by atoms with Gasteiger partial charge in [-0.1, -0.05) is 78.9 Å². The summed E-state index contributed by atoms with van der Waals surface area (Å²) in [7, 11) is 0. The van der Waals surface area contributed by atoms with Crippen LogP contribution in [-0.4, -0.2) is 52.2 Å². The molecule has 2 unspecified atom stereocenters. The van der Waals surface area contributed by atoms with Crippen LogP contribution in [0.2, 0.25) is 0 Å². The van der Waals surface area contributed by atoms with E-state index in [0.29, 0.717) is 39.6 Å². The van der Waals surface area contributed by atoms with Crippen LogP contribution in [-0.2, 0) is 24.4 Å². The molecule has 206 valence electrons. The maximum absolute atomic E-state index is 5.89. The van der Waals surface area contributed by atoms with Crippen molar-refractivity contribution in [2.45, 2.75) is 24.9 Å². The van der Waals surface area contributed by atoms with Gasteiger partial charge in [0.1, 0.15) is 37.9 Å². The number of rotatable bonds is 14. The van der Waals surface area contributed by atoms with Crippen molar-refractivity contribution in [2.75, 3.05) is 39.6 Å². The smallest absolute Gasteiger partial charge is 0.181 e. The van der Waals surface area contributed by atoms with Crippen molar-refractivity contribution in [1.29, 1.82) is 0 Å². The Labute approximate surface area is 235 Å². The molecule has 0 aromatic heterocycles. The predicted octanol–water partition coefficient (Wildman–Crippen LogP) is 6.21. The Bertz CT molecular complexity index is 1280. The van der Waals surface area contributed by atoms with Crippen LogP contribution in [0.1, 0.15) is 23.6 Å². The molecule has 0 N–H and O–H groups in total. The second kappa shape index (κ2) is 12.2. The summed E-state index contributed by atoms with van der Waals surface area (Å²) in [6, 6.07) is 36.0. The van der Waals surface area contributed by atoms with E-state index in [9.17, 15) is 0 Å². The Morgan fingerprint density at radius 2 is 0.950 bits per heavy atom. The highest BCUT2D eigenvalue weighted by molar-refractivity contribution is 5.64. The van der Waals surface area contributed by atoms with Gasteiger partial charge >= 0.3 is 0 Å². The second-order valence-electron chi connectivity index (χ2n) is 10.1. The highest BCUT2D eigenvalue weighted by atomic mass is 16.8. The molecule has 0 radical (unpaired) electrons. The molecule has 2 saturated heterocycles. The van der Waals surface area contributed by atoms with Gasteiger partial charge in [-0.3, -0.25) is 0 Å². The maximum atomic E-state index is 5.89. The van der Waals surface area contributed by atoms with Gasteiger partial charge in [0.25, 0.3) is 0 Å². The molecule has 2 fully saturated rings. The van der Waals surface area contributed by atoms with Gasteiger partial charge in [0.2, 0.25) is 0 Å². The largest absolute Gasteiger partial charge is 0.491 e. The summed E-state index contributed by atoms with van der Waals surface area (Å²) in [6.45, 7) is 5.60. The van der Waals surface area contributed by atoms with E-state index in [1.807, 2.05) is 30.3 Å². The first-order chi connectivity index (χ1) is 19.7. The van der Waals surface area contributed by atoms with Gasteiger partial charge in [0.05, 0.1) is 13.2 Å². The lowest BCUT2D eigenvalue weighted by Crippen LogP contribution is -2.25. The summed E-state index contributed by atoms with van der Waals surface area (Å²) in [5.74, 6) is 1.63. The lowest BCUT2D eigenvalue weighted by atomic mass is 9.71. The molecule has 0 amide bonds. The van der Waals surface area contributed by atoms with Gasteiger partial charge in [-0.05, 0) is 59.0 Å². The molecule has 0 aliphatic carbocycles. The molecule has 2 aliphatic rings. The van der Waals surface area contributed by atoms with Crippen molar-refractivity contribution in [1.82, 2.24) is 0 Å². The topological polar surface area (TPSA) is 62.0 Å². The third-order valence-electron chi connectivity index (χ3n) is 7.35. The summed E-state index contributed by atoms with van der Waals surface area (Å²) in [4.78, 5) is 0. The summed E-state index contributed by atoms with van der Waals surface area (Å²) in [5.41, 5.74) is 5.53. The molecule has 6 heteroatoms. The van der Waals surface area contributed by atoms with E-state index in [1.54, 1.807) is 0 Å². The minimum Gasteiger partial charge on any atom is -0.491 e. The summed E-state index contributed by atoms with van der Waals surface area (Å²) in [6.07, 6.45) is -0.107. The minimum atomic E-state index is -0.398. The van der Waals surface area contributed by atoms with Crippen LogP contribution in [0.4, 0.5) is 0 Å². The predicted molar refractivity (Wildman–Crippen MR) is 153 cm³/mol. The van der Waals surface area contributed by atoms with Crippen molar-refractivity contribution in [2.24, 2.45) is 0 Å². The lowest BCUT2D eigenvalue weighted by Gasteiger charge is -2.32. The zero-order chi connectivity index (χ0) is 27.2. The monoisotopic (exact) mass is 538 g/mol. The van der Waals surface area contributed by atoms with Gasteiger partial charge in [-0.25, -0.2) is 0 Å². The Morgan fingerprint density at radius 3 is 1.38 bits per heavy atom. The van der Waals surface area contributed by atoms with Crippen LogP contribution >= 0.6 is 0 Å². The highest BCUT2D eigenvalue weighted by Crippen LogP contribution is 2.40. The molecule has 2 aliphatic heterocycles. The molecule has 6 rings (SSSR count). The van der Waals surface area contributed by atoms with Crippen molar-refractivity contribution in [3.8, 4) is 22.6 Å². The van der Waals surface area contributed by atoms with Crippen LogP contribution in [0, 0.1) is 0 Å². The molecule has 4 aromatic carbocycles. The minimum absolute atomic E-state index is 0.0533. The number of ether oxygens (including phenoxy) is 6. The zero-order valence-corrected chi connectivity index (χ0v) is 22.7. The first-order valence-electron chi connectivity index (χ1n) is 13.8. The average Bonchev–Trinajstić information content (AvgIpc) is 3.95. The van der Waals surface area contributed by atoms with Crippen LogP contribution < -0.4 is 9.47 Å². The first-order valence-corrected chi connectivity index (χ1v) is 13.8. The van der Waals surface area contributed by atoms with Crippen molar-refractivity contribution in [3.05, 3.63) is 120 Å². The maximum Gasteiger partial charge on any atom is 0.181 e. The fourth-order valence-electron chi connectivity index (χ4n) is 4.84. The van der Waals surface area contributed by atoms with Crippen LogP contribution in [0.3, 0.4) is 0 Å². The van der Waals surface area contributed by atoms with E-state index in [-0.39, 0.29) is 12.6 Å². The Balaban J connectivity index is 1.22. The standard InChI is InChI=1S/C34H34O6/c1-34(27-9-7-26(8-10-27)25-5-3-2-4-6-25,28-11-15-30(16-12-28)35-19-21-37-32-23-39-32)29-13-17-31(18-14-29)36-20-22-38-33-24-40-33/h2-18,32-33H,19-24H2,1H3. The number of benzene rings is 4. The Hall–Kier alpha value is -3.68. The van der Waals surface area contributed by atoms with Crippen molar-refractivity contribution >= 4 is 0 Å². The molecule has 2 heterocycles. The molecule has 0 spiro atoms. The zero-order valence-electron chi connectivity index (χ0n) is 22.7. The van der Waals surface area contributed by atoms with E-state index in [2.05, 4.69) is 79.7 Å². The first kappa shape index (κ1) is 26.5. The van der Waals surface area contributed by atoms with E-state index >= 15 is 0 Å².